The van der Waals surface area contributed by atoms with Gasteiger partial charge in [-0.15, -0.1) is 0 Å². The van der Waals surface area contributed by atoms with Crippen molar-refractivity contribution in [2.24, 2.45) is 0 Å². The summed E-state index contributed by atoms with van der Waals surface area (Å²) in [6.45, 7) is 2.79. The highest BCUT2D eigenvalue weighted by Crippen LogP contribution is 2.30. The van der Waals surface area contributed by atoms with E-state index in [-0.39, 0.29) is 18.9 Å². The average Bonchev–Trinajstić information content (AvgIpc) is 3.49. The maximum Gasteiger partial charge on any atom is 0.220 e. The molecule has 2 rings (SSSR count). The number of hydrogen-bond donors (Lipinski definition) is 9. The van der Waals surface area contributed by atoms with Crippen LogP contribution in [-0.4, -0.2) is 140 Å². The van der Waals surface area contributed by atoms with Crippen molar-refractivity contribution in [1.82, 2.24) is 5.32 Å². The summed E-state index contributed by atoms with van der Waals surface area (Å²) in [6.07, 6.45) is 48.8. The number of carbonyl (C=O) groups excluding carboxylic acids is 1. The van der Waals surface area contributed by atoms with Gasteiger partial charge in [-0.05, 0) is 70.6 Å². The summed E-state index contributed by atoms with van der Waals surface area (Å²) in [5.41, 5.74) is 0. The number of rotatable bonds is 53. The van der Waals surface area contributed by atoms with Crippen LogP contribution in [0, 0.1) is 0 Å². The molecule has 1 amide bonds. The predicted octanol–water partition coefficient (Wildman–Crippen LogP) is 12.3. The molecule has 0 saturated carbocycles. The number of nitrogens with one attached hydrogen (secondary N) is 1. The van der Waals surface area contributed by atoms with E-state index in [0.717, 1.165) is 51.4 Å². The third-order valence-corrected chi connectivity index (χ3v) is 16.0. The van der Waals surface area contributed by atoms with Gasteiger partial charge in [0.15, 0.2) is 12.6 Å². The lowest BCUT2D eigenvalue weighted by Crippen LogP contribution is -2.65. The summed E-state index contributed by atoms with van der Waals surface area (Å²) >= 11 is 0. The van der Waals surface area contributed by atoms with Crippen molar-refractivity contribution >= 4 is 5.91 Å². The first-order valence-electron chi connectivity index (χ1n) is 32.9. The Labute approximate surface area is 486 Å². The Bertz CT molecular complexity index is 1530. The zero-order valence-corrected chi connectivity index (χ0v) is 50.6. The molecule has 2 aliphatic heterocycles. The molecule has 12 atom stereocenters. The van der Waals surface area contributed by atoms with Crippen LogP contribution < -0.4 is 5.32 Å². The normalized spacial score (nSPS) is 24.5. The topological polar surface area (TPSA) is 228 Å². The van der Waals surface area contributed by atoms with Gasteiger partial charge in [-0.25, -0.2) is 0 Å². The number of carbonyl (C=O) groups is 1. The van der Waals surface area contributed by atoms with E-state index in [2.05, 4.69) is 55.6 Å². The lowest BCUT2D eigenvalue weighted by Gasteiger charge is -2.46. The van der Waals surface area contributed by atoms with E-state index < -0.39 is 86.8 Å². The van der Waals surface area contributed by atoms with Crippen LogP contribution in [0.4, 0.5) is 0 Å². The zero-order chi connectivity index (χ0) is 58.1. The number of unbranched alkanes of at least 4 members (excludes halogenated alkanes) is 34. The molecule has 12 unspecified atom stereocenters. The molecule has 0 spiro atoms. The SMILES string of the molecule is CCCCCCCC/C=C\CCCCCCCCCC(=O)NC(COC1OC(CO)C(OC2OC(CO)C(O)C(O)C2O)C(O)C1O)C(O)/C=C/CC/C=C/CC/C=C/CCCCCCCCCCCCCCCCCCCCC. The summed E-state index contributed by atoms with van der Waals surface area (Å²) < 4.78 is 22.8. The zero-order valence-electron chi connectivity index (χ0n) is 50.6. The predicted molar refractivity (Wildman–Crippen MR) is 323 cm³/mol. The van der Waals surface area contributed by atoms with Gasteiger partial charge in [-0.3, -0.25) is 4.79 Å². The highest BCUT2D eigenvalue weighted by Gasteiger charge is 2.51. The summed E-state index contributed by atoms with van der Waals surface area (Å²) in [4.78, 5) is 13.3. The van der Waals surface area contributed by atoms with Crippen molar-refractivity contribution in [1.29, 1.82) is 0 Å². The minimum absolute atomic E-state index is 0.257. The quantitative estimate of drug-likeness (QED) is 0.0204. The first-order valence-corrected chi connectivity index (χ1v) is 32.9. The van der Waals surface area contributed by atoms with Crippen molar-refractivity contribution in [3.63, 3.8) is 0 Å². The largest absolute Gasteiger partial charge is 0.394 e. The van der Waals surface area contributed by atoms with Gasteiger partial charge < -0.3 is 65.1 Å². The van der Waals surface area contributed by atoms with Crippen LogP contribution in [-0.2, 0) is 23.7 Å². The Hall–Kier alpha value is -2.05. The lowest BCUT2D eigenvalue weighted by atomic mass is 9.97. The first-order chi connectivity index (χ1) is 39.1. The number of aliphatic hydroxyl groups excluding tert-OH is 8. The third kappa shape index (κ3) is 35.9. The summed E-state index contributed by atoms with van der Waals surface area (Å²) in [5, 5.41) is 87.2. The second kappa shape index (κ2) is 51.4. The molecule has 2 saturated heterocycles. The smallest absolute Gasteiger partial charge is 0.220 e. The van der Waals surface area contributed by atoms with Gasteiger partial charge in [0.1, 0.15) is 48.8 Å². The van der Waals surface area contributed by atoms with Crippen LogP contribution in [0.15, 0.2) is 48.6 Å². The molecule has 0 radical (unpaired) electrons. The molecule has 0 aromatic carbocycles. The Balaban J connectivity index is 1.73. The monoisotopic (exact) mass is 1140 g/mol. The molecule has 9 N–H and O–H groups in total. The molecule has 14 nitrogen and oxygen atoms in total. The molecule has 0 bridgehead atoms. The molecule has 0 aromatic rings. The lowest BCUT2D eigenvalue weighted by molar-refractivity contribution is -0.359. The van der Waals surface area contributed by atoms with E-state index in [4.69, 9.17) is 18.9 Å². The molecule has 14 heteroatoms. The second-order valence-electron chi connectivity index (χ2n) is 23.2. The van der Waals surface area contributed by atoms with Crippen molar-refractivity contribution in [2.75, 3.05) is 19.8 Å². The summed E-state index contributed by atoms with van der Waals surface area (Å²) in [5.74, 6) is -0.257. The van der Waals surface area contributed by atoms with Crippen molar-refractivity contribution < 1.29 is 64.6 Å². The van der Waals surface area contributed by atoms with Crippen LogP contribution >= 0.6 is 0 Å². The van der Waals surface area contributed by atoms with Gasteiger partial charge >= 0.3 is 0 Å². The van der Waals surface area contributed by atoms with E-state index in [1.54, 1.807) is 6.08 Å². The summed E-state index contributed by atoms with van der Waals surface area (Å²) in [6, 6.07) is -0.941. The number of amides is 1. The molecular formula is C66H121NO13. The number of aliphatic hydroxyl groups is 8. The van der Waals surface area contributed by atoms with Crippen molar-refractivity contribution in [2.45, 2.75) is 344 Å². The van der Waals surface area contributed by atoms with Gasteiger partial charge in [-0.1, -0.05) is 242 Å². The van der Waals surface area contributed by atoms with E-state index >= 15 is 0 Å². The fourth-order valence-electron chi connectivity index (χ4n) is 10.7. The van der Waals surface area contributed by atoms with Crippen LogP contribution in [0.5, 0.6) is 0 Å². The van der Waals surface area contributed by atoms with Gasteiger partial charge in [0.05, 0.1) is 32.0 Å². The minimum atomic E-state index is -1.79. The Morgan fingerprint density at radius 1 is 0.438 bits per heavy atom. The molecule has 2 heterocycles. The molecular weight excluding hydrogens is 1010 g/mol. The highest BCUT2D eigenvalue weighted by atomic mass is 16.7. The van der Waals surface area contributed by atoms with Gasteiger partial charge in [0.2, 0.25) is 5.91 Å². The average molecular weight is 1140 g/mol. The number of ether oxygens (including phenoxy) is 4. The van der Waals surface area contributed by atoms with E-state index in [1.807, 2.05) is 6.08 Å². The Morgan fingerprint density at radius 3 is 1.23 bits per heavy atom. The number of allylic oxidation sites excluding steroid dienone is 7. The molecule has 80 heavy (non-hydrogen) atoms. The Kier molecular flexibility index (Phi) is 47.6. The fraction of sp³-hybridized carbons (Fsp3) is 0.864. The third-order valence-electron chi connectivity index (χ3n) is 16.0. The molecule has 0 aliphatic carbocycles. The summed E-state index contributed by atoms with van der Waals surface area (Å²) in [7, 11) is 0. The number of hydrogen-bond acceptors (Lipinski definition) is 13. The molecule has 2 fully saturated rings. The van der Waals surface area contributed by atoms with Gasteiger partial charge in [0, 0.05) is 6.42 Å². The van der Waals surface area contributed by atoms with Crippen LogP contribution in [0.2, 0.25) is 0 Å². The first kappa shape index (κ1) is 74.1. The fourth-order valence-corrected chi connectivity index (χ4v) is 10.7. The van der Waals surface area contributed by atoms with E-state index in [0.29, 0.717) is 12.8 Å². The van der Waals surface area contributed by atoms with E-state index in [1.165, 1.54) is 186 Å². The molecule has 468 valence electrons. The Morgan fingerprint density at radius 2 is 0.800 bits per heavy atom. The van der Waals surface area contributed by atoms with Crippen molar-refractivity contribution in [3.8, 4) is 0 Å². The van der Waals surface area contributed by atoms with E-state index in [9.17, 15) is 45.6 Å². The maximum atomic E-state index is 13.3. The van der Waals surface area contributed by atoms with Crippen LogP contribution in [0.1, 0.15) is 271 Å². The minimum Gasteiger partial charge on any atom is -0.394 e. The second-order valence-corrected chi connectivity index (χ2v) is 23.2. The van der Waals surface area contributed by atoms with Crippen molar-refractivity contribution in [3.05, 3.63) is 48.6 Å². The van der Waals surface area contributed by atoms with Gasteiger partial charge in [-0.2, -0.15) is 0 Å². The van der Waals surface area contributed by atoms with Crippen LogP contribution in [0.25, 0.3) is 0 Å². The standard InChI is InChI=1S/C66H121NO13/c1-3-5-7-9-11-13-15-17-19-21-22-23-24-25-26-27-28-29-30-31-32-34-35-37-39-41-43-45-47-49-55(70)54(67-58(71)50-48-46-44-42-40-38-36-33-20-18-16-14-12-10-8-6-4-2)53-77-65-63(76)61(74)64(57(52-69)79-65)80-66-62(75)60(73)59(72)56(51-68)78-66/h18,20,32,34,39,41,47,49,54-57,59-66,68-70,72-76H,3-17,19,21-31,33,35-38,40,42-46,48,50-53H2,1-2H3,(H,67,71)/b20-18-,34-32+,41-39+,49-47+. The molecule has 2 aliphatic rings. The molecule has 0 aromatic heterocycles. The highest BCUT2D eigenvalue weighted by molar-refractivity contribution is 5.76. The van der Waals surface area contributed by atoms with Gasteiger partial charge in [0.25, 0.3) is 0 Å². The van der Waals surface area contributed by atoms with Crippen LogP contribution in [0.3, 0.4) is 0 Å². The maximum absolute atomic E-state index is 13.3.